The number of nitrogens with one attached hydrogen (secondary N) is 1. The zero-order valence-electron chi connectivity index (χ0n) is 9.23. The van der Waals surface area contributed by atoms with E-state index in [1.807, 2.05) is 12.1 Å². The number of halogens is 2. The maximum Gasteiger partial charge on any atom is 0.254 e. The van der Waals surface area contributed by atoms with Gasteiger partial charge in [0.25, 0.3) is 5.91 Å². The summed E-state index contributed by atoms with van der Waals surface area (Å²) in [5.41, 5.74) is 1.26. The third-order valence-corrected chi connectivity index (χ3v) is 2.96. The smallest absolute Gasteiger partial charge is 0.254 e. The fourth-order valence-corrected chi connectivity index (χ4v) is 1.88. The zero-order chi connectivity index (χ0) is 13.0. The molecule has 2 aromatic rings. The fourth-order valence-electron chi connectivity index (χ4n) is 1.36. The van der Waals surface area contributed by atoms with E-state index in [1.54, 1.807) is 24.7 Å². The van der Waals surface area contributed by atoms with Gasteiger partial charge >= 0.3 is 0 Å². The Morgan fingerprint density at radius 3 is 3.00 bits per heavy atom. The number of pyridine rings is 2. The Labute approximate surface area is 118 Å². The number of amides is 1. The number of carbonyl (C=O) groups excluding carboxylic acids is 1. The second-order valence-electron chi connectivity index (χ2n) is 3.54. The lowest BCUT2D eigenvalue weighted by Crippen LogP contribution is -2.23. The average molecular weight is 327 g/mol. The second-order valence-corrected chi connectivity index (χ2v) is 4.81. The van der Waals surface area contributed by atoms with Crippen molar-refractivity contribution >= 4 is 33.4 Å². The first kappa shape index (κ1) is 13.0. The van der Waals surface area contributed by atoms with Gasteiger partial charge in [-0.3, -0.25) is 9.78 Å². The van der Waals surface area contributed by atoms with Crippen LogP contribution in [-0.2, 0) is 6.54 Å². The van der Waals surface area contributed by atoms with Gasteiger partial charge < -0.3 is 5.32 Å². The molecule has 1 amide bonds. The molecule has 0 unspecified atom stereocenters. The van der Waals surface area contributed by atoms with E-state index >= 15 is 0 Å². The summed E-state index contributed by atoms with van der Waals surface area (Å²) in [6.45, 7) is 0.398. The molecule has 0 fully saturated rings. The molecule has 0 aliphatic carbocycles. The summed E-state index contributed by atoms with van der Waals surface area (Å²) < 4.78 is 0.707. The van der Waals surface area contributed by atoms with E-state index in [0.717, 1.165) is 5.56 Å². The predicted octanol–water partition coefficient (Wildman–Crippen LogP) is 2.82. The Kier molecular flexibility index (Phi) is 4.28. The minimum absolute atomic E-state index is 0.182. The highest BCUT2D eigenvalue weighted by atomic mass is 79.9. The van der Waals surface area contributed by atoms with E-state index in [2.05, 4.69) is 31.2 Å². The van der Waals surface area contributed by atoms with Gasteiger partial charge in [0.05, 0.1) is 5.56 Å². The molecule has 0 aliphatic heterocycles. The summed E-state index contributed by atoms with van der Waals surface area (Å²) >= 11 is 9.12. The van der Waals surface area contributed by atoms with Crippen molar-refractivity contribution < 1.29 is 4.79 Å². The van der Waals surface area contributed by atoms with Crippen molar-refractivity contribution in [2.45, 2.75) is 6.54 Å². The topological polar surface area (TPSA) is 54.9 Å². The number of hydrogen-bond donors (Lipinski definition) is 1. The first-order valence-electron chi connectivity index (χ1n) is 5.15. The Bertz CT molecular complexity index is 563. The van der Waals surface area contributed by atoms with Crippen LogP contribution in [0.5, 0.6) is 0 Å². The van der Waals surface area contributed by atoms with Crippen LogP contribution in [0.25, 0.3) is 0 Å². The van der Waals surface area contributed by atoms with E-state index in [4.69, 9.17) is 11.6 Å². The van der Waals surface area contributed by atoms with E-state index < -0.39 is 0 Å². The molecule has 18 heavy (non-hydrogen) atoms. The van der Waals surface area contributed by atoms with Crippen LogP contribution in [0.4, 0.5) is 0 Å². The molecule has 2 heterocycles. The van der Waals surface area contributed by atoms with Crippen LogP contribution < -0.4 is 5.32 Å². The first-order chi connectivity index (χ1) is 8.66. The van der Waals surface area contributed by atoms with Crippen LogP contribution in [0.1, 0.15) is 15.9 Å². The molecule has 92 valence electrons. The Morgan fingerprint density at radius 2 is 2.28 bits per heavy atom. The number of nitrogens with zero attached hydrogens (tertiary/aromatic N) is 2. The molecule has 0 saturated heterocycles. The Morgan fingerprint density at radius 1 is 1.44 bits per heavy atom. The maximum absolute atomic E-state index is 11.9. The van der Waals surface area contributed by atoms with Gasteiger partial charge in [0, 0.05) is 29.6 Å². The number of hydrogen-bond acceptors (Lipinski definition) is 3. The van der Waals surface area contributed by atoms with E-state index in [-0.39, 0.29) is 11.1 Å². The highest BCUT2D eigenvalue weighted by molar-refractivity contribution is 9.10. The molecular weight excluding hydrogens is 318 g/mol. The van der Waals surface area contributed by atoms with Crippen molar-refractivity contribution in [3.8, 4) is 0 Å². The van der Waals surface area contributed by atoms with E-state index in [1.165, 1.54) is 0 Å². The monoisotopic (exact) mass is 325 g/mol. The van der Waals surface area contributed by atoms with Crippen LogP contribution in [-0.4, -0.2) is 15.9 Å². The SMILES string of the molecule is O=C(NCc1cccnc1)c1cc(Br)cnc1Cl. The van der Waals surface area contributed by atoms with Crippen LogP contribution in [0.2, 0.25) is 5.15 Å². The minimum atomic E-state index is -0.266. The summed E-state index contributed by atoms with van der Waals surface area (Å²) in [6, 6.07) is 5.33. The molecule has 4 nitrogen and oxygen atoms in total. The highest BCUT2D eigenvalue weighted by Gasteiger charge is 2.11. The van der Waals surface area contributed by atoms with Gasteiger partial charge in [-0.25, -0.2) is 4.98 Å². The predicted molar refractivity (Wildman–Crippen MR) is 72.4 cm³/mol. The van der Waals surface area contributed by atoms with Crippen LogP contribution in [0.15, 0.2) is 41.3 Å². The van der Waals surface area contributed by atoms with Crippen molar-refractivity contribution in [1.82, 2.24) is 15.3 Å². The fraction of sp³-hybridized carbons (Fsp3) is 0.0833. The molecule has 2 rings (SSSR count). The molecule has 1 N–H and O–H groups in total. The van der Waals surface area contributed by atoms with Gasteiger partial charge in [0.15, 0.2) is 0 Å². The van der Waals surface area contributed by atoms with Gasteiger partial charge in [0.2, 0.25) is 0 Å². The standard InChI is InChI=1S/C12H9BrClN3O/c13-9-4-10(11(14)16-7-9)12(18)17-6-8-2-1-3-15-5-8/h1-5,7H,6H2,(H,17,18). The van der Waals surface area contributed by atoms with Crippen molar-refractivity contribution in [2.75, 3.05) is 0 Å². The van der Waals surface area contributed by atoms with E-state index in [0.29, 0.717) is 16.6 Å². The van der Waals surface area contributed by atoms with Crippen LogP contribution in [0, 0.1) is 0 Å². The summed E-state index contributed by atoms with van der Waals surface area (Å²) in [6.07, 6.45) is 4.92. The molecule has 0 aliphatic rings. The molecule has 6 heteroatoms. The molecule has 0 saturated carbocycles. The van der Waals surface area contributed by atoms with Gasteiger partial charge in [0.1, 0.15) is 5.15 Å². The molecule has 0 aromatic carbocycles. The van der Waals surface area contributed by atoms with Crippen LogP contribution in [0.3, 0.4) is 0 Å². The van der Waals surface area contributed by atoms with E-state index in [9.17, 15) is 4.79 Å². The van der Waals surface area contributed by atoms with Gasteiger partial charge in [-0.2, -0.15) is 0 Å². The number of carbonyl (C=O) groups is 1. The quantitative estimate of drug-likeness (QED) is 0.883. The van der Waals surface area contributed by atoms with Gasteiger partial charge in [-0.05, 0) is 33.6 Å². The number of aromatic nitrogens is 2. The zero-order valence-corrected chi connectivity index (χ0v) is 11.6. The summed E-state index contributed by atoms with van der Waals surface area (Å²) in [4.78, 5) is 19.8. The average Bonchev–Trinajstić information content (AvgIpc) is 2.40. The largest absolute Gasteiger partial charge is 0.348 e. The maximum atomic E-state index is 11.9. The summed E-state index contributed by atoms with van der Waals surface area (Å²) in [5.74, 6) is -0.266. The number of rotatable bonds is 3. The summed E-state index contributed by atoms with van der Waals surface area (Å²) in [7, 11) is 0. The Hall–Kier alpha value is -1.46. The normalized spacial score (nSPS) is 10.1. The summed E-state index contributed by atoms with van der Waals surface area (Å²) in [5, 5.41) is 2.94. The van der Waals surface area contributed by atoms with Gasteiger partial charge in [-0.1, -0.05) is 17.7 Å². The molecule has 2 aromatic heterocycles. The van der Waals surface area contributed by atoms with Crippen molar-refractivity contribution in [1.29, 1.82) is 0 Å². The lowest BCUT2D eigenvalue weighted by molar-refractivity contribution is 0.0950. The molecule has 0 radical (unpaired) electrons. The lowest BCUT2D eigenvalue weighted by Gasteiger charge is -2.06. The molecule has 0 atom stereocenters. The Balaban J connectivity index is 2.06. The van der Waals surface area contributed by atoms with Gasteiger partial charge in [-0.15, -0.1) is 0 Å². The first-order valence-corrected chi connectivity index (χ1v) is 6.32. The lowest BCUT2D eigenvalue weighted by atomic mass is 10.2. The molecular formula is C12H9BrClN3O. The van der Waals surface area contributed by atoms with Crippen molar-refractivity contribution in [3.63, 3.8) is 0 Å². The minimum Gasteiger partial charge on any atom is -0.348 e. The highest BCUT2D eigenvalue weighted by Crippen LogP contribution is 2.17. The second kappa shape index (κ2) is 5.93. The molecule has 0 spiro atoms. The third-order valence-electron chi connectivity index (χ3n) is 2.23. The van der Waals surface area contributed by atoms with Crippen LogP contribution >= 0.6 is 27.5 Å². The molecule has 0 bridgehead atoms. The third kappa shape index (κ3) is 3.27. The van der Waals surface area contributed by atoms with Crippen molar-refractivity contribution in [2.24, 2.45) is 0 Å². The van der Waals surface area contributed by atoms with Crippen molar-refractivity contribution in [3.05, 3.63) is 57.5 Å².